The van der Waals surface area contributed by atoms with Crippen molar-refractivity contribution in [1.29, 1.82) is 0 Å². The molecule has 3 aromatic rings. The van der Waals surface area contributed by atoms with Gasteiger partial charge in [-0.3, -0.25) is 4.79 Å². The molecule has 1 heterocycles. The molecular formula is C20H17ClFNO2. The number of aryl methyl sites for hydroxylation is 1. The summed E-state index contributed by atoms with van der Waals surface area (Å²) >= 11 is 6.00. The van der Waals surface area contributed by atoms with Crippen molar-refractivity contribution in [2.75, 3.05) is 0 Å². The Morgan fingerprint density at radius 3 is 2.48 bits per heavy atom. The summed E-state index contributed by atoms with van der Waals surface area (Å²) in [6.45, 7) is 2.51. The van der Waals surface area contributed by atoms with Crippen LogP contribution in [0.1, 0.15) is 27.4 Å². The van der Waals surface area contributed by atoms with Crippen LogP contribution in [0.25, 0.3) is 0 Å². The highest BCUT2D eigenvalue weighted by atomic mass is 35.5. The summed E-state index contributed by atoms with van der Waals surface area (Å²) in [5.41, 5.74) is 1.33. The van der Waals surface area contributed by atoms with Crippen LogP contribution >= 0.6 is 11.6 Å². The van der Waals surface area contributed by atoms with E-state index in [0.717, 1.165) is 11.3 Å². The summed E-state index contributed by atoms with van der Waals surface area (Å²) in [6, 6.07) is 16.6. The summed E-state index contributed by atoms with van der Waals surface area (Å²) < 4.78 is 18.7. The van der Waals surface area contributed by atoms with E-state index >= 15 is 0 Å². The molecule has 0 spiro atoms. The molecule has 2 aromatic carbocycles. The van der Waals surface area contributed by atoms with Crippen LogP contribution in [0.2, 0.25) is 5.02 Å². The van der Waals surface area contributed by atoms with E-state index in [-0.39, 0.29) is 11.7 Å². The molecular weight excluding hydrogens is 341 g/mol. The minimum Gasteiger partial charge on any atom is -0.464 e. The van der Waals surface area contributed by atoms with Crippen LogP contribution in [0.3, 0.4) is 0 Å². The van der Waals surface area contributed by atoms with Crippen molar-refractivity contribution in [2.24, 2.45) is 0 Å². The number of rotatable bonds is 5. The van der Waals surface area contributed by atoms with Gasteiger partial charge in [0.1, 0.15) is 17.3 Å². The van der Waals surface area contributed by atoms with Gasteiger partial charge < -0.3 is 9.32 Å². The fourth-order valence-corrected chi connectivity index (χ4v) is 2.76. The third-order valence-electron chi connectivity index (χ3n) is 3.79. The molecule has 3 nitrogen and oxygen atoms in total. The molecule has 25 heavy (non-hydrogen) atoms. The molecule has 0 bridgehead atoms. The largest absolute Gasteiger partial charge is 0.464 e. The summed E-state index contributed by atoms with van der Waals surface area (Å²) in [7, 11) is 0. The molecule has 1 aromatic heterocycles. The normalized spacial score (nSPS) is 10.7. The highest BCUT2D eigenvalue weighted by Gasteiger charge is 2.18. The van der Waals surface area contributed by atoms with Gasteiger partial charge in [0.05, 0.1) is 6.54 Å². The zero-order valence-corrected chi connectivity index (χ0v) is 14.5. The molecule has 0 unspecified atom stereocenters. The van der Waals surface area contributed by atoms with Gasteiger partial charge in [0.15, 0.2) is 0 Å². The maximum atomic E-state index is 13.1. The fourth-order valence-electron chi connectivity index (χ4n) is 2.57. The summed E-state index contributed by atoms with van der Waals surface area (Å²) in [4.78, 5) is 14.6. The molecule has 5 heteroatoms. The smallest absolute Gasteiger partial charge is 0.254 e. The zero-order valence-electron chi connectivity index (χ0n) is 13.7. The quantitative estimate of drug-likeness (QED) is 0.627. The SMILES string of the molecule is Cc1ccc(CN(Cc2ccc(F)cc2)C(=O)c2cccc(Cl)c2)o1. The molecule has 0 fully saturated rings. The Balaban J connectivity index is 1.87. The Labute approximate surface area is 150 Å². The van der Waals surface area contributed by atoms with Gasteiger partial charge >= 0.3 is 0 Å². The van der Waals surface area contributed by atoms with Crippen LogP contribution in [0, 0.1) is 12.7 Å². The second-order valence-corrected chi connectivity index (χ2v) is 6.25. The van der Waals surface area contributed by atoms with Gasteiger partial charge in [0, 0.05) is 17.1 Å². The van der Waals surface area contributed by atoms with Gasteiger partial charge in [0.25, 0.3) is 5.91 Å². The van der Waals surface area contributed by atoms with Gasteiger partial charge in [-0.15, -0.1) is 0 Å². The minimum absolute atomic E-state index is 0.166. The Hall–Kier alpha value is -2.59. The zero-order chi connectivity index (χ0) is 17.8. The Morgan fingerprint density at radius 1 is 1.08 bits per heavy atom. The number of benzene rings is 2. The number of carbonyl (C=O) groups excluding carboxylic acids is 1. The standard InChI is InChI=1S/C20H17ClFNO2/c1-14-5-10-19(25-14)13-23(12-15-6-8-18(22)9-7-15)20(24)16-3-2-4-17(21)11-16/h2-11H,12-13H2,1H3. The molecule has 0 aliphatic carbocycles. The number of halogens is 2. The highest BCUT2D eigenvalue weighted by molar-refractivity contribution is 6.30. The van der Waals surface area contributed by atoms with E-state index in [2.05, 4.69) is 0 Å². The Morgan fingerprint density at radius 2 is 1.84 bits per heavy atom. The Kier molecular flexibility index (Phi) is 5.19. The third-order valence-corrected chi connectivity index (χ3v) is 4.02. The van der Waals surface area contributed by atoms with E-state index in [1.165, 1.54) is 12.1 Å². The first kappa shape index (κ1) is 17.2. The van der Waals surface area contributed by atoms with E-state index in [4.69, 9.17) is 16.0 Å². The number of hydrogen-bond acceptors (Lipinski definition) is 2. The first-order valence-corrected chi connectivity index (χ1v) is 8.23. The van der Waals surface area contributed by atoms with E-state index < -0.39 is 0 Å². The van der Waals surface area contributed by atoms with Crippen molar-refractivity contribution in [3.63, 3.8) is 0 Å². The molecule has 0 radical (unpaired) electrons. The van der Waals surface area contributed by atoms with Crippen molar-refractivity contribution < 1.29 is 13.6 Å². The van der Waals surface area contributed by atoms with Crippen molar-refractivity contribution in [1.82, 2.24) is 4.90 Å². The van der Waals surface area contributed by atoms with Gasteiger partial charge in [-0.05, 0) is 55.0 Å². The second-order valence-electron chi connectivity index (χ2n) is 5.81. The number of hydrogen-bond donors (Lipinski definition) is 0. The van der Waals surface area contributed by atoms with Crippen molar-refractivity contribution in [3.8, 4) is 0 Å². The molecule has 3 rings (SSSR count). The first-order valence-electron chi connectivity index (χ1n) is 7.86. The molecule has 0 N–H and O–H groups in total. The number of furan rings is 1. The second kappa shape index (κ2) is 7.53. The van der Waals surface area contributed by atoms with Crippen LogP contribution in [0.5, 0.6) is 0 Å². The van der Waals surface area contributed by atoms with Gasteiger partial charge in [-0.1, -0.05) is 29.8 Å². The van der Waals surface area contributed by atoms with Crippen LogP contribution in [0.15, 0.2) is 65.1 Å². The summed E-state index contributed by atoms with van der Waals surface area (Å²) in [6.07, 6.45) is 0. The van der Waals surface area contributed by atoms with Crippen molar-refractivity contribution in [2.45, 2.75) is 20.0 Å². The summed E-state index contributed by atoms with van der Waals surface area (Å²) in [5.74, 6) is 1.00. The predicted molar refractivity (Wildman–Crippen MR) is 94.9 cm³/mol. The molecule has 0 saturated heterocycles. The molecule has 0 aliphatic rings. The topological polar surface area (TPSA) is 33.5 Å². The van der Waals surface area contributed by atoms with Gasteiger partial charge in [-0.25, -0.2) is 4.39 Å². The lowest BCUT2D eigenvalue weighted by atomic mass is 10.1. The fraction of sp³-hybridized carbons (Fsp3) is 0.150. The number of carbonyl (C=O) groups is 1. The molecule has 1 amide bonds. The number of nitrogens with zero attached hydrogens (tertiary/aromatic N) is 1. The molecule has 0 saturated carbocycles. The minimum atomic E-state index is -0.307. The lowest BCUT2D eigenvalue weighted by Gasteiger charge is -2.22. The number of amides is 1. The lowest BCUT2D eigenvalue weighted by molar-refractivity contribution is 0.0717. The van der Waals surface area contributed by atoms with Gasteiger partial charge in [-0.2, -0.15) is 0 Å². The first-order chi connectivity index (χ1) is 12.0. The van der Waals surface area contributed by atoms with Crippen LogP contribution in [-0.2, 0) is 13.1 Å². The van der Waals surface area contributed by atoms with Crippen LogP contribution < -0.4 is 0 Å². The predicted octanol–water partition coefficient (Wildman–Crippen LogP) is 5.22. The third kappa shape index (κ3) is 4.48. The van der Waals surface area contributed by atoms with Crippen LogP contribution in [0.4, 0.5) is 4.39 Å². The van der Waals surface area contributed by atoms with E-state index in [0.29, 0.717) is 29.4 Å². The van der Waals surface area contributed by atoms with Gasteiger partial charge in [0.2, 0.25) is 0 Å². The van der Waals surface area contributed by atoms with E-state index in [1.807, 2.05) is 19.1 Å². The maximum Gasteiger partial charge on any atom is 0.254 e. The highest BCUT2D eigenvalue weighted by Crippen LogP contribution is 2.18. The monoisotopic (exact) mass is 357 g/mol. The average molecular weight is 358 g/mol. The average Bonchev–Trinajstić information content (AvgIpc) is 3.00. The van der Waals surface area contributed by atoms with E-state index in [1.54, 1.807) is 41.3 Å². The molecule has 0 aliphatic heterocycles. The van der Waals surface area contributed by atoms with Crippen molar-refractivity contribution >= 4 is 17.5 Å². The van der Waals surface area contributed by atoms with Crippen LogP contribution in [-0.4, -0.2) is 10.8 Å². The summed E-state index contributed by atoms with van der Waals surface area (Å²) in [5, 5.41) is 0.501. The van der Waals surface area contributed by atoms with E-state index in [9.17, 15) is 9.18 Å². The van der Waals surface area contributed by atoms with Crippen molar-refractivity contribution in [3.05, 3.63) is 94.2 Å². The lowest BCUT2D eigenvalue weighted by Crippen LogP contribution is -2.30. The molecule has 128 valence electrons. The Bertz CT molecular complexity index is 873. The molecule has 0 atom stereocenters. The maximum absolute atomic E-state index is 13.1.